The number of halogens is 1. The van der Waals surface area contributed by atoms with Gasteiger partial charge < -0.3 is 10.0 Å². The Morgan fingerprint density at radius 2 is 1.03 bits per heavy atom. The maximum Gasteiger partial charge on any atom is 0.0875 e. The molecule has 8 aromatic rings. The molecule has 0 saturated heterocycles. The zero-order valence-electron chi connectivity index (χ0n) is 37.5. The number of hydrogen-bond acceptors (Lipinski definition) is 8. The largest absolute Gasteiger partial charge is 0.356 e. The van der Waals surface area contributed by atoms with Crippen LogP contribution in [0.3, 0.4) is 0 Å². The molecule has 4 aromatic heterocycles. The number of thiophene rings is 4. The molecule has 2 N–H and O–H groups in total. The second kappa shape index (κ2) is 22.6. The molecule has 9 rings (SSSR count). The summed E-state index contributed by atoms with van der Waals surface area (Å²) in [4.78, 5) is 9.52. The van der Waals surface area contributed by atoms with E-state index in [1.807, 2.05) is 45.3 Å². The topological polar surface area (TPSA) is 27.3 Å². The van der Waals surface area contributed by atoms with Crippen LogP contribution in [-0.4, -0.2) is 0 Å². The molecule has 0 atom stereocenters. The lowest BCUT2D eigenvalue weighted by molar-refractivity contribution is 0.608. The average molecular weight is 1010 g/mol. The zero-order chi connectivity index (χ0) is 44.4. The van der Waals surface area contributed by atoms with Gasteiger partial charge in [-0.1, -0.05) is 139 Å². The van der Waals surface area contributed by atoms with Gasteiger partial charge in [-0.3, -0.25) is 4.31 Å². The van der Waals surface area contributed by atoms with E-state index in [2.05, 4.69) is 178 Å². The number of benzene rings is 4. The fourth-order valence-electron chi connectivity index (χ4n) is 8.75. The van der Waals surface area contributed by atoms with Crippen LogP contribution >= 0.6 is 73.4 Å². The van der Waals surface area contributed by atoms with Gasteiger partial charge in [0.1, 0.15) is 0 Å². The molecule has 0 amide bonds. The Kier molecular flexibility index (Phi) is 16.0. The highest BCUT2D eigenvalue weighted by molar-refractivity contribution is 9.11. The Balaban J connectivity index is 1.07. The predicted octanol–water partition coefficient (Wildman–Crippen LogP) is 20.7. The summed E-state index contributed by atoms with van der Waals surface area (Å²) in [6.45, 7) is 4.60. The Morgan fingerprint density at radius 3 is 1.66 bits per heavy atom. The fraction of sp³-hybridized carbons (Fsp3) is 0.286. The van der Waals surface area contributed by atoms with Gasteiger partial charge in [0.05, 0.1) is 33.0 Å². The second-order valence-corrected chi connectivity index (χ2v) is 23.4. The van der Waals surface area contributed by atoms with Gasteiger partial charge in [-0.05, 0) is 131 Å². The molecule has 1 aliphatic heterocycles. The van der Waals surface area contributed by atoms with Crippen molar-refractivity contribution in [2.75, 3.05) is 14.3 Å². The van der Waals surface area contributed by atoms with Gasteiger partial charge >= 0.3 is 0 Å². The van der Waals surface area contributed by atoms with E-state index in [9.17, 15) is 0 Å². The molecule has 5 heterocycles. The van der Waals surface area contributed by atoms with E-state index in [0.717, 1.165) is 24.2 Å². The smallest absolute Gasteiger partial charge is 0.0875 e. The van der Waals surface area contributed by atoms with E-state index in [1.165, 1.54) is 160 Å². The normalized spacial score (nSPS) is 12.2. The Hall–Kier alpha value is -4.09. The average Bonchev–Trinajstić information content (AvgIpc) is 4.20. The van der Waals surface area contributed by atoms with Crippen molar-refractivity contribution in [3.05, 3.63) is 148 Å². The molecular formula is C56H58BrN3S5. The highest BCUT2D eigenvalue weighted by Crippen LogP contribution is 2.57. The molecule has 65 heavy (non-hydrogen) atoms. The molecular weight excluding hydrogens is 955 g/mol. The first-order chi connectivity index (χ1) is 32.1. The van der Waals surface area contributed by atoms with Crippen LogP contribution < -0.4 is 14.3 Å². The Labute approximate surface area is 415 Å². The summed E-state index contributed by atoms with van der Waals surface area (Å²) in [6.07, 6.45) is 17.8. The van der Waals surface area contributed by atoms with Crippen molar-refractivity contribution in [3.63, 3.8) is 0 Å². The molecule has 0 bridgehead atoms. The summed E-state index contributed by atoms with van der Waals surface area (Å²) in [5.74, 6) is 0. The lowest BCUT2D eigenvalue weighted by Crippen LogP contribution is -2.03. The number of aryl methyl sites for hydroxylation is 2. The minimum absolute atomic E-state index is 1.10. The van der Waals surface area contributed by atoms with E-state index in [1.54, 1.807) is 12.1 Å². The number of nitrogens with one attached hydrogen (secondary N) is 2. The van der Waals surface area contributed by atoms with E-state index in [0.29, 0.717) is 0 Å². The van der Waals surface area contributed by atoms with Crippen LogP contribution in [-0.2, 0) is 12.8 Å². The van der Waals surface area contributed by atoms with Crippen LogP contribution in [0.4, 0.5) is 28.4 Å². The van der Waals surface area contributed by atoms with Gasteiger partial charge in [-0.25, -0.2) is 0 Å². The minimum Gasteiger partial charge on any atom is -0.356 e. The molecule has 334 valence electrons. The summed E-state index contributed by atoms with van der Waals surface area (Å²) in [7, 11) is 0. The first-order valence-corrected chi connectivity index (χ1v) is 28.4. The molecule has 0 unspecified atom stereocenters. The third-order valence-electron chi connectivity index (χ3n) is 12.2. The van der Waals surface area contributed by atoms with E-state index >= 15 is 0 Å². The van der Waals surface area contributed by atoms with Crippen LogP contribution in [0.5, 0.6) is 0 Å². The Morgan fingerprint density at radius 1 is 0.492 bits per heavy atom. The first kappa shape index (κ1) is 46.0. The van der Waals surface area contributed by atoms with Gasteiger partial charge in [-0.15, -0.1) is 45.3 Å². The monoisotopic (exact) mass is 1010 g/mol. The summed E-state index contributed by atoms with van der Waals surface area (Å²) >= 11 is 13.2. The number of unbranched alkanes of at least 4 members (excludes halogenated alkanes) is 10. The summed E-state index contributed by atoms with van der Waals surface area (Å²) in [6, 6.07) is 49.2. The summed E-state index contributed by atoms with van der Waals surface area (Å²) in [5.41, 5.74) is 12.6. The molecule has 4 aromatic carbocycles. The van der Waals surface area contributed by atoms with E-state index in [-0.39, 0.29) is 0 Å². The highest BCUT2D eigenvalue weighted by atomic mass is 79.9. The molecule has 3 nitrogen and oxygen atoms in total. The molecule has 9 heteroatoms. The summed E-state index contributed by atoms with van der Waals surface area (Å²) in [5, 5.41) is 3.54. The van der Waals surface area contributed by atoms with E-state index < -0.39 is 0 Å². The van der Waals surface area contributed by atoms with Crippen molar-refractivity contribution >= 4 is 102 Å². The van der Waals surface area contributed by atoms with Gasteiger partial charge in [-0.2, -0.15) is 0 Å². The predicted molar refractivity (Wildman–Crippen MR) is 297 cm³/mol. The number of hydrogen-bond donors (Lipinski definition) is 2. The van der Waals surface area contributed by atoms with Crippen LogP contribution in [0.15, 0.2) is 137 Å². The lowest BCUT2D eigenvalue weighted by Gasteiger charge is -2.19. The van der Waals surface area contributed by atoms with Gasteiger partial charge in [0.25, 0.3) is 0 Å². The van der Waals surface area contributed by atoms with Gasteiger partial charge in [0.15, 0.2) is 0 Å². The Bertz CT molecular complexity index is 2750. The number of para-hydroxylation sites is 2. The minimum atomic E-state index is 1.10. The molecule has 1 aliphatic rings. The third-order valence-corrected chi connectivity index (χ3v) is 18.6. The van der Waals surface area contributed by atoms with Gasteiger partial charge in [0.2, 0.25) is 0 Å². The number of nitrogens with zero attached hydrogens (tertiary/aromatic N) is 1. The molecule has 0 saturated carbocycles. The molecule has 0 spiro atoms. The standard InChI is InChI=1S/C56H58BrN3S5/c1-3-5-7-9-11-15-21-40-37-50(63-55(40)48-34-33-47(61-48)39-27-29-43(30-28-39)58-42-23-17-13-18-24-42)45-31-32-46(54-53(45)59-65-60(54)44-25-19-14-20-26-44)51-38-41(22-16-12-10-8-6-4-2)56(64-51)49-35-36-52(57)62-49/h13-14,17-20,23-38,58-59H,3-12,15-16,21-22H2,1-2H3. The van der Waals surface area contributed by atoms with Crippen LogP contribution in [0.25, 0.3) is 50.8 Å². The second-order valence-electron chi connectivity index (χ2n) is 17.0. The van der Waals surface area contributed by atoms with Crippen molar-refractivity contribution in [1.29, 1.82) is 0 Å². The third kappa shape index (κ3) is 11.2. The van der Waals surface area contributed by atoms with Crippen LogP contribution in [0, 0.1) is 0 Å². The van der Waals surface area contributed by atoms with Crippen molar-refractivity contribution in [1.82, 2.24) is 0 Å². The lowest BCUT2D eigenvalue weighted by atomic mass is 10.00. The highest BCUT2D eigenvalue weighted by Gasteiger charge is 2.31. The SMILES string of the molecule is CCCCCCCCc1cc(-c2ccc(-c3cc(CCCCCCCC)c(-c4ccc(Br)s4)s3)c3c2NSN3c2ccccc2)sc1-c1ccc(-c2ccc(Nc3ccccc3)cc2)s1. The molecule has 0 aliphatic carbocycles. The maximum absolute atomic E-state index is 3.87. The number of anilines is 5. The van der Waals surface area contributed by atoms with E-state index in [4.69, 9.17) is 0 Å². The zero-order valence-corrected chi connectivity index (χ0v) is 43.1. The van der Waals surface area contributed by atoms with Crippen molar-refractivity contribution in [2.45, 2.75) is 104 Å². The van der Waals surface area contributed by atoms with Crippen LogP contribution in [0.1, 0.15) is 102 Å². The maximum atomic E-state index is 3.87. The van der Waals surface area contributed by atoms with Crippen molar-refractivity contribution in [2.24, 2.45) is 0 Å². The van der Waals surface area contributed by atoms with Crippen LogP contribution in [0.2, 0.25) is 0 Å². The number of fused-ring (bicyclic) bond motifs is 1. The quantitative estimate of drug-likeness (QED) is 0.0523. The molecule has 0 radical (unpaired) electrons. The van der Waals surface area contributed by atoms with Crippen molar-refractivity contribution < 1.29 is 0 Å². The van der Waals surface area contributed by atoms with Gasteiger partial charge in [0, 0.05) is 56.6 Å². The van der Waals surface area contributed by atoms with Crippen molar-refractivity contribution in [3.8, 4) is 50.8 Å². The summed E-state index contributed by atoms with van der Waals surface area (Å²) < 4.78 is 7.48. The molecule has 0 fully saturated rings. The number of rotatable bonds is 22. The fourth-order valence-corrected chi connectivity index (χ4v) is 14.8. The first-order valence-electron chi connectivity index (χ1n) is 23.6.